The molecule has 0 aliphatic heterocycles. The van der Waals surface area contributed by atoms with Crippen molar-refractivity contribution in [1.82, 2.24) is 4.90 Å². The zero-order valence-electron chi connectivity index (χ0n) is 10.2. The molecule has 0 atom stereocenters. The Balaban J connectivity index is 2.21. The van der Waals surface area contributed by atoms with E-state index in [2.05, 4.69) is 18.7 Å². The lowest BCUT2D eigenvalue weighted by Gasteiger charge is -2.25. The summed E-state index contributed by atoms with van der Waals surface area (Å²) in [5.41, 5.74) is 0. The average molecular weight is 213 g/mol. The van der Waals surface area contributed by atoms with Crippen LogP contribution in [0.3, 0.4) is 0 Å². The first-order chi connectivity index (χ1) is 7.13. The number of hydrogen-bond acceptors (Lipinski definition) is 3. The first kappa shape index (κ1) is 12.5. The van der Waals surface area contributed by atoms with Gasteiger partial charge in [-0.25, -0.2) is 0 Å². The van der Waals surface area contributed by atoms with E-state index < -0.39 is 0 Å². The third-order valence-electron chi connectivity index (χ3n) is 2.83. The van der Waals surface area contributed by atoms with Gasteiger partial charge >= 0.3 is 5.97 Å². The lowest BCUT2D eigenvalue weighted by molar-refractivity contribution is -0.143. The highest BCUT2D eigenvalue weighted by molar-refractivity contribution is 5.69. The Morgan fingerprint density at radius 1 is 1.47 bits per heavy atom. The Kier molecular flexibility index (Phi) is 5.09. The molecule has 0 saturated heterocycles. The molecule has 0 aromatic carbocycles. The summed E-state index contributed by atoms with van der Waals surface area (Å²) >= 11 is 0. The minimum atomic E-state index is -0.0704. The molecule has 0 N–H and O–H groups in total. The van der Waals surface area contributed by atoms with Crippen molar-refractivity contribution in [2.24, 2.45) is 5.92 Å². The number of esters is 1. The van der Waals surface area contributed by atoms with Gasteiger partial charge in [0.25, 0.3) is 0 Å². The monoisotopic (exact) mass is 213 g/mol. The van der Waals surface area contributed by atoms with Gasteiger partial charge in [-0.2, -0.15) is 0 Å². The van der Waals surface area contributed by atoms with E-state index in [1.165, 1.54) is 12.8 Å². The summed E-state index contributed by atoms with van der Waals surface area (Å²) in [7, 11) is 0. The molecule has 0 bridgehead atoms. The van der Waals surface area contributed by atoms with Crippen LogP contribution in [0.25, 0.3) is 0 Å². The van der Waals surface area contributed by atoms with Crippen molar-refractivity contribution < 1.29 is 9.53 Å². The van der Waals surface area contributed by atoms with Crippen LogP contribution in [-0.4, -0.2) is 36.6 Å². The molecular formula is C12H23NO2. The smallest absolute Gasteiger partial charge is 0.307 e. The lowest BCUT2D eigenvalue weighted by Crippen LogP contribution is -2.34. The minimum absolute atomic E-state index is 0.0704. The molecule has 0 radical (unpaired) electrons. The van der Waals surface area contributed by atoms with Crippen molar-refractivity contribution >= 4 is 5.97 Å². The van der Waals surface area contributed by atoms with Gasteiger partial charge in [0.05, 0.1) is 13.0 Å². The van der Waals surface area contributed by atoms with Gasteiger partial charge in [-0.05, 0) is 39.5 Å². The number of hydrogen-bond donors (Lipinski definition) is 0. The molecule has 0 aromatic heterocycles. The summed E-state index contributed by atoms with van der Waals surface area (Å²) < 4.78 is 4.93. The van der Waals surface area contributed by atoms with Gasteiger partial charge in [-0.1, -0.05) is 0 Å². The van der Waals surface area contributed by atoms with E-state index in [9.17, 15) is 4.79 Å². The van der Waals surface area contributed by atoms with E-state index in [0.29, 0.717) is 19.1 Å². The number of rotatable bonds is 7. The van der Waals surface area contributed by atoms with Gasteiger partial charge in [0.1, 0.15) is 0 Å². The molecule has 0 amide bonds. The summed E-state index contributed by atoms with van der Waals surface area (Å²) in [6.07, 6.45) is 3.25. The number of carbonyl (C=O) groups excluding carboxylic acids is 1. The van der Waals surface area contributed by atoms with Crippen LogP contribution in [0.1, 0.15) is 40.0 Å². The molecular weight excluding hydrogens is 190 g/mol. The average Bonchev–Trinajstić information content (AvgIpc) is 2.95. The SMILES string of the molecule is CCOC(=O)CCN(CC1CC1)C(C)C. The second-order valence-electron chi connectivity index (χ2n) is 4.59. The standard InChI is InChI=1S/C12H23NO2/c1-4-15-12(14)7-8-13(10(2)3)9-11-5-6-11/h10-11H,4-9H2,1-3H3. The van der Waals surface area contributed by atoms with Gasteiger partial charge in [-0.3, -0.25) is 4.79 Å². The maximum atomic E-state index is 11.2. The van der Waals surface area contributed by atoms with Crippen LogP contribution in [0.5, 0.6) is 0 Å². The molecule has 3 nitrogen and oxygen atoms in total. The van der Waals surface area contributed by atoms with Crippen LogP contribution in [0.15, 0.2) is 0 Å². The zero-order valence-corrected chi connectivity index (χ0v) is 10.2. The second kappa shape index (κ2) is 6.11. The molecule has 1 aliphatic rings. The van der Waals surface area contributed by atoms with Crippen molar-refractivity contribution in [2.75, 3.05) is 19.7 Å². The zero-order chi connectivity index (χ0) is 11.3. The fraction of sp³-hybridized carbons (Fsp3) is 0.917. The van der Waals surface area contributed by atoms with Crippen molar-refractivity contribution in [3.8, 4) is 0 Å². The number of nitrogens with zero attached hydrogens (tertiary/aromatic N) is 1. The van der Waals surface area contributed by atoms with E-state index in [4.69, 9.17) is 4.74 Å². The van der Waals surface area contributed by atoms with E-state index in [-0.39, 0.29) is 5.97 Å². The second-order valence-corrected chi connectivity index (χ2v) is 4.59. The first-order valence-electron chi connectivity index (χ1n) is 6.03. The highest BCUT2D eigenvalue weighted by Gasteiger charge is 2.25. The van der Waals surface area contributed by atoms with E-state index in [1.54, 1.807) is 0 Å². The highest BCUT2D eigenvalue weighted by atomic mass is 16.5. The molecule has 0 heterocycles. The normalized spacial score (nSPS) is 16.1. The molecule has 0 spiro atoms. The Bertz CT molecular complexity index is 200. The van der Waals surface area contributed by atoms with Crippen molar-refractivity contribution in [3.05, 3.63) is 0 Å². The maximum Gasteiger partial charge on any atom is 0.307 e. The maximum absolute atomic E-state index is 11.2. The van der Waals surface area contributed by atoms with Crippen molar-refractivity contribution in [2.45, 2.75) is 46.1 Å². The first-order valence-corrected chi connectivity index (χ1v) is 6.03. The Hall–Kier alpha value is -0.570. The van der Waals surface area contributed by atoms with Crippen LogP contribution in [0.2, 0.25) is 0 Å². The topological polar surface area (TPSA) is 29.5 Å². The predicted molar refractivity (Wildman–Crippen MR) is 60.7 cm³/mol. The summed E-state index contributed by atoms with van der Waals surface area (Å²) in [5, 5.41) is 0. The van der Waals surface area contributed by atoms with Gasteiger partial charge in [0, 0.05) is 19.1 Å². The van der Waals surface area contributed by atoms with Crippen LogP contribution < -0.4 is 0 Å². The van der Waals surface area contributed by atoms with Crippen molar-refractivity contribution in [1.29, 1.82) is 0 Å². The molecule has 88 valence electrons. The number of ether oxygens (including phenoxy) is 1. The highest BCUT2D eigenvalue weighted by Crippen LogP contribution is 2.30. The Morgan fingerprint density at radius 3 is 2.60 bits per heavy atom. The summed E-state index contributed by atoms with van der Waals surface area (Å²) in [6.45, 7) is 8.70. The lowest BCUT2D eigenvalue weighted by atomic mass is 10.2. The van der Waals surface area contributed by atoms with Gasteiger partial charge in [0.15, 0.2) is 0 Å². The van der Waals surface area contributed by atoms with Gasteiger partial charge < -0.3 is 9.64 Å². The summed E-state index contributed by atoms with van der Waals surface area (Å²) in [5.74, 6) is 0.813. The Labute approximate surface area is 92.8 Å². The van der Waals surface area contributed by atoms with Gasteiger partial charge in [-0.15, -0.1) is 0 Å². The Morgan fingerprint density at radius 2 is 2.13 bits per heavy atom. The number of carbonyl (C=O) groups is 1. The van der Waals surface area contributed by atoms with Gasteiger partial charge in [0.2, 0.25) is 0 Å². The predicted octanol–water partition coefficient (Wildman–Crippen LogP) is 2.06. The molecule has 1 fully saturated rings. The van der Waals surface area contributed by atoms with Crippen molar-refractivity contribution in [3.63, 3.8) is 0 Å². The molecule has 1 aliphatic carbocycles. The molecule has 1 rings (SSSR count). The molecule has 0 aromatic rings. The molecule has 0 unspecified atom stereocenters. The van der Waals surface area contributed by atoms with Crippen LogP contribution in [0.4, 0.5) is 0 Å². The van der Waals surface area contributed by atoms with E-state index in [1.807, 2.05) is 6.92 Å². The molecule has 15 heavy (non-hydrogen) atoms. The third-order valence-corrected chi connectivity index (χ3v) is 2.83. The fourth-order valence-electron chi connectivity index (χ4n) is 1.66. The van der Waals surface area contributed by atoms with Crippen LogP contribution >= 0.6 is 0 Å². The third kappa shape index (κ3) is 5.17. The van der Waals surface area contributed by atoms with Crippen LogP contribution in [-0.2, 0) is 9.53 Å². The minimum Gasteiger partial charge on any atom is -0.466 e. The van der Waals surface area contributed by atoms with E-state index >= 15 is 0 Å². The summed E-state index contributed by atoms with van der Waals surface area (Å²) in [4.78, 5) is 13.6. The van der Waals surface area contributed by atoms with Crippen LogP contribution in [0, 0.1) is 5.92 Å². The molecule has 3 heteroatoms. The summed E-state index contributed by atoms with van der Waals surface area (Å²) in [6, 6.07) is 0.528. The quantitative estimate of drug-likeness (QED) is 0.606. The molecule has 1 saturated carbocycles. The van der Waals surface area contributed by atoms with E-state index in [0.717, 1.165) is 19.0 Å². The fourth-order valence-corrected chi connectivity index (χ4v) is 1.66. The largest absolute Gasteiger partial charge is 0.466 e.